The van der Waals surface area contributed by atoms with Gasteiger partial charge in [0, 0.05) is 26.6 Å². The number of nitrogens with zero attached hydrogens (tertiary/aromatic N) is 2. The Morgan fingerprint density at radius 1 is 0.865 bits per heavy atom. The van der Waals surface area contributed by atoms with Crippen molar-refractivity contribution in [3.63, 3.8) is 0 Å². The molecule has 4 aromatic rings. The Balaban J connectivity index is 1.44. The fourth-order valence-corrected chi connectivity index (χ4v) is 4.60. The zero-order valence-corrected chi connectivity index (χ0v) is 22.1. The average molecular weight is 511 g/mol. The van der Waals surface area contributed by atoms with Crippen LogP contribution in [0.1, 0.15) is 42.3 Å². The summed E-state index contributed by atoms with van der Waals surface area (Å²) in [6.45, 7) is 8.11. The van der Waals surface area contributed by atoms with Gasteiger partial charge in [-0.1, -0.05) is 56.8 Å². The Kier molecular flexibility index (Phi) is 7.64. The van der Waals surface area contributed by atoms with Gasteiger partial charge in [0.1, 0.15) is 17.1 Å². The lowest BCUT2D eigenvalue weighted by Gasteiger charge is -2.21. The van der Waals surface area contributed by atoms with Crippen molar-refractivity contribution in [2.24, 2.45) is 10.2 Å². The number of azo groups is 1. The van der Waals surface area contributed by atoms with Crippen LogP contribution >= 0.6 is 11.8 Å². The van der Waals surface area contributed by atoms with Crippen molar-refractivity contribution in [2.45, 2.75) is 42.9 Å². The van der Waals surface area contributed by atoms with Crippen LogP contribution in [0.15, 0.2) is 105 Å². The molecule has 0 aliphatic rings. The Bertz CT molecular complexity index is 1440. The lowest BCUT2D eigenvalue weighted by atomic mass is 9.85. The molecule has 0 radical (unpaired) electrons. The predicted octanol–water partition coefficient (Wildman–Crippen LogP) is 8.40. The molecule has 6 nitrogen and oxygen atoms in total. The zero-order chi connectivity index (χ0) is 26.6. The van der Waals surface area contributed by atoms with E-state index in [0.717, 1.165) is 26.6 Å². The molecule has 37 heavy (non-hydrogen) atoms. The summed E-state index contributed by atoms with van der Waals surface area (Å²) in [6, 6.07) is 26.1. The SMILES string of the molecule is Cc1cc(N=Nc2ccc(Sc3ccc(NC(=O)c4ccccc4)cc3)cc2N)c(O)c(C(C)(C)C)c1. The van der Waals surface area contributed by atoms with Gasteiger partial charge in [-0.3, -0.25) is 4.79 Å². The van der Waals surface area contributed by atoms with Crippen LogP contribution in [-0.4, -0.2) is 11.0 Å². The number of nitrogen functional groups attached to an aromatic ring is 1. The number of aromatic hydroxyl groups is 1. The molecule has 4 rings (SSSR count). The van der Waals surface area contributed by atoms with Crippen LogP contribution in [0.25, 0.3) is 0 Å². The number of rotatable bonds is 6. The van der Waals surface area contributed by atoms with Crippen LogP contribution in [0.3, 0.4) is 0 Å². The first kappa shape index (κ1) is 26.0. The van der Waals surface area contributed by atoms with E-state index in [1.54, 1.807) is 30.0 Å². The highest BCUT2D eigenvalue weighted by atomic mass is 32.2. The van der Waals surface area contributed by atoms with Crippen LogP contribution in [0, 0.1) is 6.92 Å². The summed E-state index contributed by atoms with van der Waals surface area (Å²) >= 11 is 1.55. The number of carbonyl (C=O) groups is 1. The van der Waals surface area contributed by atoms with Gasteiger partial charge in [-0.25, -0.2) is 0 Å². The van der Waals surface area contributed by atoms with Gasteiger partial charge >= 0.3 is 0 Å². The van der Waals surface area contributed by atoms with Crippen LogP contribution in [-0.2, 0) is 5.41 Å². The van der Waals surface area contributed by atoms with Gasteiger partial charge in [0.15, 0.2) is 0 Å². The molecule has 0 fully saturated rings. The quantitative estimate of drug-likeness (QED) is 0.179. The topological polar surface area (TPSA) is 100 Å². The van der Waals surface area contributed by atoms with Gasteiger partial charge in [-0.15, -0.1) is 10.2 Å². The number of phenols is 1. The van der Waals surface area contributed by atoms with Crippen molar-refractivity contribution in [1.29, 1.82) is 0 Å². The average Bonchev–Trinajstić information content (AvgIpc) is 2.86. The third-order valence-electron chi connectivity index (χ3n) is 5.69. The number of hydrogen-bond donors (Lipinski definition) is 3. The first-order chi connectivity index (χ1) is 17.6. The molecule has 0 saturated heterocycles. The smallest absolute Gasteiger partial charge is 0.255 e. The predicted molar refractivity (Wildman–Crippen MR) is 152 cm³/mol. The fraction of sp³-hybridized carbons (Fsp3) is 0.167. The van der Waals surface area contributed by atoms with E-state index in [9.17, 15) is 9.90 Å². The van der Waals surface area contributed by atoms with Crippen LogP contribution in [0.4, 0.5) is 22.7 Å². The van der Waals surface area contributed by atoms with Crippen molar-refractivity contribution < 1.29 is 9.90 Å². The Hall–Kier alpha value is -4.10. The summed E-state index contributed by atoms with van der Waals surface area (Å²) in [7, 11) is 0. The monoisotopic (exact) mass is 510 g/mol. The number of amides is 1. The molecule has 0 bridgehead atoms. The number of benzene rings is 4. The van der Waals surface area contributed by atoms with E-state index in [2.05, 4.69) is 15.5 Å². The molecule has 4 aromatic carbocycles. The number of aryl methyl sites for hydroxylation is 1. The molecule has 0 saturated carbocycles. The number of nitrogens with two attached hydrogens (primary N) is 1. The third-order valence-corrected chi connectivity index (χ3v) is 6.69. The second-order valence-corrected chi connectivity index (χ2v) is 10.9. The lowest BCUT2D eigenvalue weighted by Crippen LogP contribution is -2.11. The van der Waals surface area contributed by atoms with Crippen molar-refractivity contribution in [1.82, 2.24) is 0 Å². The number of nitrogens with one attached hydrogen (secondary N) is 1. The maximum atomic E-state index is 12.3. The molecule has 4 N–H and O–H groups in total. The number of hydrogen-bond acceptors (Lipinski definition) is 6. The van der Waals surface area contributed by atoms with Crippen molar-refractivity contribution in [3.05, 3.63) is 102 Å². The van der Waals surface area contributed by atoms with Gasteiger partial charge < -0.3 is 16.2 Å². The van der Waals surface area contributed by atoms with Gasteiger partial charge in [0.2, 0.25) is 0 Å². The number of anilines is 2. The highest BCUT2D eigenvalue weighted by Crippen LogP contribution is 2.40. The van der Waals surface area contributed by atoms with Gasteiger partial charge in [0.05, 0.1) is 5.69 Å². The number of carbonyl (C=O) groups excluding carboxylic acids is 1. The van der Waals surface area contributed by atoms with Crippen LogP contribution < -0.4 is 11.1 Å². The summed E-state index contributed by atoms with van der Waals surface area (Å²) in [5.41, 5.74) is 10.6. The summed E-state index contributed by atoms with van der Waals surface area (Å²) in [6.07, 6.45) is 0. The van der Waals surface area contributed by atoms with Gasteiger partial charge in [-0.05, 0) is 78.6 Å². The molecule has 0 aliphatic heterocycles. The molecule has 188 valence electrons. The molecule has 1 amide bonds. The summed E-state index contributed by atoms with van der Waals surface area (Å²) in [5, 5.41) is 22.2. The van der Waals surface area contributed by atoms with Crippen LogP contribution in [0.2, 0.25) is 0 Å². The molecular weight excluding hydrogens is 480 g/mol. The minimum Gasteiger partial charge on any atom is -0.505 e. The number of phenolic OH excluding ortho intramolecular Hbond substituents is 1. The van der Waals surface area contributed by atoms with Gasteiger partial charge in [-0.2, -0.15) is 0 Å². The minimum absolute atomic E-state index is 0.135. The Morgan fingerprint density at radius 3 is 2.16 bits per heavy atom. The molecule has 0 aliphatic carbocycles. The molecule has 7 heteroatoms. The normalized spacial score (nSPS) is 11.6. The van der Waals surface area contributed by atoms with Crippen molar-refractivity contribution >= 4 is 40.4 Å². The molecule has 0 spiro atoms. The summed E-state index contributed by atoms with van der Waals surface area (Å²) in [5.74, 6) is -0.0110. The van der Waals surface area contributed by atoms with E-state index in [-0.39, 0.29) is 17.1 Å². The first-order valence-electron chi connectivity index (χ1n) is 11.9. The first-order valence-corrected chi connectivity index (χ1v) is 12.7. The van der Waals surface area contributed by atoms with E-state index in [1.165, 1.54) is 0 Å². The summed E-state index contributed by atoms with van der Waals surface area (Å²) in [4.78, 5) is 14.3. The summed E-state index contributed by atoms with van der Waals surface area (Å²) < 4.78 is 0. The van der Waals surface area contributed by atoms with E-state index in [1.807, 2.05) is 94.4 Å². The highest BCUT2D eigenvalue weighted by molar-refractivity contribution is 7.99. The molecule has 0 unspecified atom stereocenters. The van der Waals surface area contributed by atoms with E-state index in [4.69, 9.17) is 5.73 Å². The zero-order valence-electron chi connectivity index (χ0n) is 21.3. The largest absolute Gasteiger partial charge is 0.505 e. The Labute approximate surface area is 221 Å². The van der Waals surface area contributed by atoms with Crippen molar-refractivity contribution in [2.75, 3.05) is 11.1 Å². The van der Waals surface area contributed by atoms with Crippen LogP contribution in [0.5, 0.6) is 5.75 Å². The standard InChI is InChI=1S/C30H30N4O2S/c1-19-16-24(30(2,3)4)28(35)27(17-19)34-33-26-15-14-23(18-25(26)31)37-22-12-10-21(11-13-22)32-29(36)20-8-6-5-7-9-20/h5-18,35H,31H2,1-4H3,(H,32,36). The second kappa shape index (κ2) is 10.9. The lowest BCUT2D eigenvalue weighted by molar-refractivity contribution is 0.102. The van der Waals surface area contributed by atoms with Gasteiger partial charge in [0.25, 0.3) is 5.91 Å². The second-order valence-electron chi connectivity index (χ2n) is 9.80. The minimum atomic E-state index is -0.218. The molecule has 0 heterocycles. The molecular formula is C30H30N4O2S. The maximum absolute atomic E-state index is 12.3. The maximum Gasteiger partial charge on any atom is 0.255 e. The van der Waals surface area contributed by atoms with E-state index < -0.39 is 0 Å². The highest BCUT2D eigenvalue weighted by Gasteiger charge is 2.21. The molecule has 0 atom stereocenters. The Morgan fingerprint density at radius 2 is 1.51 bits per heavy atom. The molecule has 0 aromatic heterocycles. The van der Waals surface area contributed by atoms with Crippen molar-refractivity contribution in [3.8, 4) is 5.75 Å². The van der Waals surface area contributed by atoms with E-state index in [0.29, 0.717) is 22.6 Å². The third kappa shape index (κ3) is 6.57. The van der Waals surface area contributed by atoms with E-state index >= 15 is 0 Å². The fourth-order valence-electron chi connectivity index (χ4n) is 3.74.